The predicted octanol–water partition coefficient (Wildman–Crippen LogP) is 11.6. The number of rotatable bonds is 8. The van der Waals surface area contributed by atoms with E-state index in [9.17, 15) is 0 Å². The van der Waals surface area contributed by atoms with Crippen molar-refractivity contribution in [3.05, 3.63) is 129 Å². The number of hydrogen-bond acceptors (Lipinski definition) is 1. The minimum absolute atomic E-state index is 0.504. The van der Waals surface area contributed by atoms with Crippen LogP contribution < -0.4 is 5.32 Å². The summed E-state index contributed by atoms with van der Waals surface area (Å²) in [5, 5.41) is 3.99. The van der Waals surface area contributed by atoms with E-state index in [1.54, 1.807) is 39.0 Å². The van der Waals surface area contributed by atoms with Crippen LogP contribution in [-0.2, 0) is 0 Å². The first-order valence-corrected chi connectivity index (χ1v) is 18.0. The van der Waals surface area contributed by atoms with E-state index in [0.29, 0.717) is 17.9 Å². The van der Waals surface area contributed by atoms with Gasteiger partial charge in [-0.2, -0.15) is 0 Å². The van der Waals surface area contributed by atoms with Crippen LogP contribution in [0, 0.1) is 11.8 Å². The predicted molar refractivity (Wildman–Crippen MR) is 190 cm³/mol. The molecule has 6 aliphatic rings. The molecule has 0 amide bonds. The Morgan fingerprint density at radius 2 is 1.68 bits per heavy atom. The highest BCUT2D eigenvalue weighted by Crippen LogP contribution is 2.44. The Hall–Kier alpha value is -2.90. The summed E-state index contributed by atoms with van der Waals surface area (Å²) in [6.07, 6.45) is 46.0. The fourth-order valence-electron chi connectivity index (χ4n) is 8.62. The maximum atomic E-state index is 3.99. The molecule has 0 bridgehead atoms. The molecule has 0 aliphatic heterocycles. The number of hydrogen-bond donors (Lipinski definition) is 1. The van der Waals surface area contributed by atoms with Gasteiger partial charge in [-0.15, -0.1) is 0 Å². The highest BCUT2D eigenvalue weighted by molar-refractivity contribution is 5.56. The Bertz CT molecular complexity index is 1430. The van der Waals surface area contributed by atoms with Crippen molar-refractivity contribution in [3.8, 4) is 0 Å². The normalized spacial score (nSPS) is 29.7. The van der Waals surface area contributed by atoms with Gasteiger partial charge >= 0.3 is 0 Å². The molecule has 0 aromatic heterocycles. The molecule has 0 aromatic carbocycles. The number of nitrogens with one attached hydrogen (secondary N) is 1. The van der Waals surface area contributed by atoms with Gasteiger partial charge in [-0.1, -0.05) is 96.6 Å². The molecule has 44 heavy (non-hydrogen) atoms. The molecule has 0 saturated heterocycles. The van der Waals surface area contributed by atoms with Crippen molar-refractivity contribution in [2.45, 2.75) is 117 Å². The van der Waals surface area contributed by atoms with Gasteiger partial charge in [-0.25, -0.2) is 0 Å². The van der Waals surface area contributed by atoms with Gasteiger partial charge in [-0.3, -0.25) is 0 Å². The van der Waals surface area contributed by atoms with Crippen LogP contribution in [0.15, 0.2) is 129 Å². The van der Waals surface area contributed by atoms with Gasteiger partial charge in [0.2, 0.25) is 0 Å². The summed E-state index contributed by atoms with van der Waals surface area (Å²) in [6, 6.07) is 0.504. The van der Waals surface area contributed by atoms with Gasteiger partial charge in [0, 0.05) is 18.5 Å². The molecule has 0 aromatic rings. The minimum atomic E-state index is 0.504. The van der Waals surface area contributed by atoms with Crippen molar-refractivity contribution in [1.29, 1.82) is 0 Å². The van der Waals surface area contributed by atoms with Crippen LogP contribution in [0.2, 0.25) is 0 Å². The first-order valence-electron chi connectivity index (χ1n) is 18.0. The molecule has 0 spiro atoms. The second-order valence-corrected chi connectivity index (χ2v) is 13.8. The fraction of sp³-hybridized carbons (Fsp3) is 0.488. The number of allylic oxidation sites excluding steroid dienone is 19. The lowest BCUT2D eigenvalue weighted by Crippen LogP contribution is -2.31. The third-order valence-corrected chi connectivity index (χ3v) is 11.3. The molecule has 3 atom stereocenters. The quantitative estimate of drug-likeness (QED) is 0.279. The van der Waals surface area contributed by atoms with Gasteiger partial charge in [0.15, 0.2) is 0 Å². The molecule has 2 unspecified atom stereocenters. The zero-order valence-electron chi connectivity index (χ0n) is 27.8. The molecule has 0 saturated carbocycles. The van der Waals surface area contributed by atoms with Crippen LogP contribution in [-0.4, -0.2) is 12.6 Å². The summed E-state index contributed by atoms with van der Waals surface area (Å²) >= 11 is 0. The zero-order valence-corrected chi connectivity index (χ0v) is 27.8. The van der Waals surface area contributed by atoms with Crippen molar-refractivity contribution >= 4 is 0 Å². The molecular formula is C43H55N. The molecule has 1 nitrogen and oxygen atoms in total. The molecule has 1 N–H and O–H groups in total. The molecule has 1 heteroatoms. The van der Waals surface area contributed by atoms with E-state index < -0.39 is 0 Å². The topological polar surface area (TPSA) is 12.0 Å². The molecule has 0 fully saturated rings. The van der Waals surface area contributed by atoms with Crippen LogP contribution in [0.4, 0.5) is 0 Å². The van der Waals surface area contributed by atoms with Gasteiger partial charge in [0.25, 0.3) is 0 Å². The Labute approximate surface area is 268 Å². The summed E-state index contributed by atoms with van der Waals surface area (Å²) in [7, 11) is 0. The summed E-state index contributed by atoms with van der Waals surface area (Å²) in [5.74, 6) is 1.30. The van der Waals surface area contributed by atoms with E-state index in [0.717, 1.165) is 38.6 Å². The van der Waals surface area contributed by atoms with E-state index in [1.165, 1.54) is 74.5 Å². The van der Waals surface area contributed by atoms with Crippen molar-refractivity contribution in [3.63, 3.8) is 0 Å². The van der Waals surface area contributed by atoms with Gasteiger partial charge in [0.05, 0.1) is 0 Å². The maximum absolute atomic E-state index is 3.99. The maximum Gasteiger partial charge on any atom is 0.0253 e. The Kier molecular flexibility index (Phi) is 10.5. The summed E-state index contributed by atoms with van der Waals surface area (Å²) < 4.78 is 0. The first-order chi connectivity index (χ1) is 21.7. The van der Waals surface area contributed by atoms with Crippen molar-refractivity contribution in [1.82, 2.24) is 5.32 Å². The molecule has 6 aliphatic carbocycles. The van der Waals surface area contributed by atoms with E-state index in [-0.39, 0.29) is 0 Å². The van der Waals surface area contributed by atoms with Gasteiger partial charge < -0.3 is 5.32 Å². The van der Waals surface area contributed by atoms with Crippen molar-refractivity contribution in [2.24, 2.45) is 11.8 Å². The molecule has 6 rings (SSSR count). The second kappa shape index (κ2) is 14.9. The third-order valence-electron chi connectivity index (χ3n) is 11.3. The lowest BCUT2D eigenvalue weighted by Gasteiger charge is -2.33. The monoisotopic (exact) mass is 585 g/mol. The third kappa shape index (κ3) is 6.99. The average Bonchev–Trinajstić information content (AvgIpc) is 3.10. The lowest BCUT2D eigenvalue weighted by molar-refractivity contribution is 0.499. The second-order valence-electron chi connectivity index (χ2n) is 13.8. The van der Waals surface area contributed by atoms with Crippen LogP contribution >= 0.6 is 0 Å². The van der Waals surface area contributed by atoms with Crippen LogP contribution in [0.1, 0.15) is 111 Å². The minimum Gasteiger partial charge on any atom is -0.306 e. The molecule has 232 valence electrons. The molecular weight excluding hydrogens is 530 g/mol. The van der Waals surface area contributed by atoms with E-state index in [1.807, 2.05) is 0 Å². The van der Waals surface area contributed by atoms with E-state index in [4.69, 9.17) is 0 Å². The molecule has 0 heterocycles. The van der Waals surface area contributed by atoms with Crippen LogP contribution in [0.3, 0.4) is 0 Å². The van der Waals surface area contributed by atoms with Gasteiger partial charge in [-0.05, 0) is 149 Å². The summed E-state index contributed by atoms with van der Waals surface area (Å²) in [5.41, 5.74) is 15.9. The van der Waals surface area contributed by atoms with Gasteiger partial charge in [0.1, 0.15) is 0 Å². The fourth-order valence-corrected chi connectivity index (χ4v) is 8.62. The standard InChI is InChI=1S/C43H55N/c1-4-32(5-2)34-24-28-37(29-25-34)43(30-44-38-16-7-6-8-17-38)42-20-12-11-18-39(42)31(3)33-22-26-36(27-23-33)41-21-13-15-35-14-9-10-19-40(35)41/h4,7,9,11,13-16,18,24,26,28,33,38,41,44H,5-6,8,10,12,17,19-23,25,27,29-30H2,1-3H3/b32-4+,39-31+,43-42+/t33?,38?,41-/m0/s1. The average molecular weight is 586 g/mol. The van der Waals surface area contributed by atoms with E-state index in [2.05, 4.69) is 99.0 Å². The lowest BCUT2D eigenvalue weighted by atomic mass is 9.72. The van der Waals surface area contributed by atoms with Crippen LogP contribution in [0.5, 0.6) is 0 Å². The Balaban J connectivity index is 1.29. The molecule has 0 radical (unpaired) electrons. The first kappa shape index (κ1) is 31.1. The van der Waals surface area contributed by atoms with Crippen LogP contribution in [0.25, 0.3) is 0 Å². The highest BCUT2D eigenvalue weighted by Gasteiger charge is 2.28. The largest absolute Gasteiger partial charge is 0.306 e. The zero-order chi connectivity index (χ0) is 30.3. The van der Waals surface area contributed by atoms with E-state index >= 15 is 0 Å². The Morgan fingerprint density at radius 3 is 2.43 bits per heavy atom. The summed E-state index contributed by atoms with van der Waals surface area (Å²) in [4.78, 5) is 0. The van der Waals surface area contributed by atoms with Crippen molar-refractivity contribution < 1.29 is 0 Å². The Morgan fingerprint density at radius 1 is 0.864 bits per heavy atom. The summed E-state index contributed by atoms with van der Waals surface area (Å²) in [6.45, 7) is 7.92. The van der Waals surface area contributed by atoms with Crippen molar-refractivity contribution in [2.75, 3.05) is 6.54 Å². The highest BCUT2D eigenvalue weighted by atomic mass is 14.9. The smallest absolute Gasteiger partial charge is 0.0253 e. The SMILES string of the molecule is C/C=C(\CC)C1=CC=C(/C(CNC2C=CCCC2)=C2\CCC=C\C2=C(\C)C2CC=C([C@@H]3CC=CC4=C3CCC=C4)CC2)CC1.